The van der Waals surface area contributed by atoms with Gasteiger partial charge >= 0.3 is 0 Å². The second-order valence-corrected chi connectivity index (χ2v) is 5.22. The maximum absolute atomic E-state index is 12.1. The van der Waals surface area contributed by atoms with E-state index in [2.05, 4.69) is 25.5 Å². The van der Waals surface area contributed by atoms with Crippen LogP contribution in [0.2, 0.25) is 0 Å². The summed E-state index contributed by atoms with van der Waals surface area (Å²) in [6, 6.07) is 1.86. The van der Waals surface area contributed by atoms with Crippen LogP contribution in [0.5, 0.6) is 5.88 Å². The summed E-state index contributed by atoms with van der Waals surface area (Å²) in [6.07, 6.45) is 4.72. The molecule has 0 unspecified atom stereocenters. The molecule has 3 heterocycles. The zero-order valence-corrected chi connectivity index (χ0v) is 12.9. The lowest BCUT2D eigenvalue weighted by Gasteiger charge is -2.20. The number of hydrogen-bond donors (Lipinski definition) is 2. The Labute approximate surface area is 133 Å². The molecule has 1 aliphatic heterocycles. The number of nitrogens with one attached hydrogen (secondary N) is 2. The molecule has 23 heavy (non-hydrogen) atoms. The van der Waals surface area contributed by atoms with Gasteiger partial charge in [-0.3, -0.25) is 9.89 Å². The lowest BCUT2D eigenvalue weighted by atomic mass is 9.97. The van der Waals surface area contributed by atoms with Crippen LogP contribution in [-0.2, 0) is 4.74 Å². The summed E-state index contributed by atoms with van der Waals surface area (Å²) in [5, 5.41) is 9.83. The van der Waals surface area contributed by atoms with Crippen molar-refractivity contribution in [1.82, 2.24) is 20.2 Å². The molecule has 122 valence electrons. The Morgan fingerprint density at radius 2 is 2.22 bits per heavy atom. The summed E-state index contributed by atoms with van der Waals surface area (Å²) in [4.78, 5) is 20.2. The highest BCUT2D eigenvalue weighted by molar-refractivity contribution is 6.02. The number of anilines is 1. The molecule has 2 aromatic heterocycles. The number of hydrogen-bond acceptors (Lipinski definition) is 6. The summed E-state index contributed by atoms with van der Waals surface area (Å²) >= 11 is 0. The molecule has 0 atom stereocenters. The highest BCUT2D eigenvalue weighted by atomic mass is 16.5. The standard InChI is InChI=1S/C15H19N5O3/c1-2-23-14-9-16-12(8-17-14)15(21)18-13-7-11(19-20-13)10-3-5-22-6-4-10/h7-10H,2-6H2,1H3,(H2,18,19,20,21). The van der Waals surface area contributed by atoms with Gasteiger partial charge in [0.15, 0.2) is 5.82 Å². The molecule has 2 aromatic rings. The van der Waals surface area contributed by atoms with Crippen LogP contribution >= 0.6 is 0 Å². The highest BCUT2D eigenvalue weighted by Crippen LogP contribution is 2.26. The first kappa shape index (κ1) is 15.4. The molecule has 1 amide bonds. The van der Waals surface area contributed by atoms with Crippen molar-refractivity contribution in [2.45, 2.75) is 25.7 Å². The number of rotatable bonds is 5. The van der Waals surface area contributed by atoms with Crippen molar-refractivity contribution in [3.63, 3.8) is 0 Å². The van der Waals surface area contributed by atoms with Crippen LogP contribution in [0, 0.1) is 0 Å². The van der Waals surface area contributed by atoms with E-state index in [1.807, 2.05) is 13.0 Å². The van der Waals surface area contributed by atoms with Crippen molar-refractivity contribution in [2.24, 2.45) is 0 Å². The molecule has 0 aliphatic carbocycles. The van der Waals surface area contributed by atoms with Gasteiger partial charge in [0.25, 0.3) is 5.91 Å². The van der Waals surface area contributed by atoms with Gasteiger partial charge in [-0.25, -0.2) is 9.97 Å². The zero-order chi connectivity index (χ0) is 16.1. The second kappa shape index (κ2) is 7.19. The molecule has 2 N–H and O–H groups in total. The Morgan fingerprint density at radius 1 is 1.39 bits per heavy atom. The number of ether oxygens (including phenoxy) is 2. The largest absolute Gasteiger partial charge is 0.477 e. The van der Waals surface area contributed by atoms with E-state index in [1.165, 1.54) is 12.4 Å². The first-order valence-corrected chi connectivity index (χ1v) is 7.65. The van der Waals surface area contributed by atoms with Crippen LogP contribution in [0.4, 0.5) is 5.82 Å². The average Bonchev–Trinajstić information content (AvgIpc) is 3.05. The van der Waals surface area contributed by atoms with E-state index in [0.717, 1.165) is 31.7 Å². The van der Waals surface area contributed by atoms with E-state index in [-0.39, 0.29) is 11.6 Å². The number of aromatic amines is 1. The molecule has 8 nitrogen and oxygen atoms in total. The van der Waals surface area contributed by atoms with Gasteiger partial charge in [0.1, 0.15) is 5.69 Å². The fourth-order valence-corrected chi connectivity index (χ4v) is 2.45. The van der Waals surface area contributed by atoms with Crippen LogP contribution in [0.25, 0.3) is 0 Å². The quantitative estimate of drug-likeness (QED) is 0.871. The van der Waals surface area contributed by atoms with Gasteiger partial charge in [-0.2, -0.15) is 5.10 Å². The van der Waals surface area contributed by atoms with Crippen molar-refractivity contribution in [1.29, 1.82) is 0 Å². The van der Waals surface area contributed by atoms with Gasteiger partial charge < -0.3 is 14.8 Å². The second-order valence-electron chi connectivity index (χ2n) is 5.22. The number of amides is 1. The van der Waals surface area contributed by atoms with Crippen molar-refractivity contribution in [2.75, 3.05) is 25.1 Å². The van der Waals surface area contributed by atoms with Crippen molar-refractivity contribution < 1.29 is 14.3 Å². The fraction of sp³-hybridized carbons (Fsp3) is 0.467. The van der Waals surface area contributed by atoms with Gasteiger partial charge in [0.2, 0.25) is 5.88 Å². The van der Waals surface area contributed by atoms with Crippen LogP contribution < -0.4 is 10.1 Å². The van der Waals surface area contributed by atoms with Crippen LogP contribution in [0.3, 0.4) is 0 Å². The van der Waals surface area contributed by atoms with E-state index in [4.69, 9.17) is 9.47 Å². The average molecular weight is 317 g/mol. The maximum atomic E-state index is 12.1. The van der Waals surface area contributed by atoms with Gasteiger partial charge in [-0.15, -0.1) is 0 Å². The van der Waals surface area contributed by atoms with Gasteiger partial charge in [-0.05, 0) is 19.8 Å². The molecule has 0 spiro atoms. The summed E-state index contributed by atoms with van der Waals surface area (Å²) in [5.74, 6) is 0.913. The third-order valence-corrected chi connectivity index (χ3v) is 3.65. The third-order valence-electron chi connectivity index (χ3n) is 3.65. The number of H-pyrrole nitrogens is 1. The maximum Gasteiger partial charge on any atom is 0.277 e. The molecule has 1 fully saturated rings. The molecular formula is C15H19N5O3. The number of aromatic nitrogens is 4. The van der Waals surface area contributed by atoms with Gasteiger partial charge in [0, 0.05) is 30.9 Å². The number of carbonyl (C=O) groups is 1. The van der Waals surface area contributed by atoms with E-state index in [0.29, 0.717) is 24.2 Å². The van der Waals surface area contributed by atoms with Crippen molar-refractivity contribution in [3.8, 4) is 5.88 Å². The van der Waals surface area contributed by atoms with E-state index < -0.39 is 0 Å². The molecule has 1 aliphatic rings. The molecular weight excluding hydrogens is 298 g/mol. The fourth-order valence-electron chi connectivity index (χ4n) is 2.45. The molecule has 0 saturated carbocycles. The van der Waals surface area contributed by atoms with Gasteiger partial charge in [0.05, 0.1) is 19.0 Å². The predicted molar refractivity (Wildman–Crippen MR) is 82.5 cm³/mol. The highest BCUT2D eigenvalue weighted by Gasteiger charge is 2.19. The Balaban J connectivity index is 1.62. The van der Waals surface area contributed by atoms with Crippen LogP contribution in [0.15, 0.2) is 18.5 Å². The molecule has 0 aromatic carbocycles. The zero-order valence-electron chi connectivity index (χ0n) is 12.9. The summed E-state index contributed by atoms with van der Waals surface area (Å²) in [7, 11) is 0. The monoisotopic (exact) mass is 317 g/mol. The summed E-state index contributed by atoms with van der Waals surface area (Å²) < 4.78 is 10.5. The Kier molecular flexibility index (Phi) is 4.82. The first-order valence-electron chi connectivity index (χ1n) is 7.65. The lowest BCUT2D eigenvalue weighted by Crippen LogP contribution is -2.15. The van der Waals surface area contributed by atoms with Crippen molar-refractivity contribution >= 4 is 11.7 Å². The Morgan fingerprint density at radius 3 is 2.91 bits per heavy atom. The van der Waals surface area contributed by atoms with E-state index in [9.17, 15) is 4.79 Å². The van der Waals surface area contributed by atoms with Crippen molar-refractivity contribution in [3.05, 3.63) is 29.8 Å². The van der Waals surface area contributed by atoms with Crippen LogP contribution in [-0.4, -0.2) is 45.9 Å². The SMILES string of the molecule is CCOc1cnc(C(=O)Nc2cc(C3CCOCC3)[nH]n2)cn1. The third kappa shape index (κ3) is 3.84. The Bertz CT molecular complexity index is 649. The summed E-state index contributed by atoms with van der Waals surface area (Å²) in [5.41, 5.74) is 1.23. The first-order chi connectivity index (χ1) is 11.3. The molecule has 8 heteroatoms. The molecule has 0 bridgehead atoms. The van der Waals surface area contributed by atoms with E-state index in [1.54, 1.807) is 0 Å². The normalized spacial score (nSPS) is 15.3. The topological polar surface area (TPSA) is 102 Å². The minimum atomic E-state index is -0.356. The van der Waals surface area contributed by atoms with Gasteiger partial charge in [-0.1, -0.05) is 0 Å². The molecule has 0 radical (unpaired) electrons. The number of carbonyl (C=O) groups excluding carboxylic acids is 1. The number of nitrogens with zero attached hydrogens (tertiary/aromatic N) is 3. The smallest absolute Gasteiger partial charge is 0.277 e. The molecule has 1 saturated heterocycles. The Hall–Kier alpha value is -2.48. The minimum Gasteiger partial charge on any atom is -0.477 e. The predicted octanol–water partition coefficient (Wildman–Crippen LogP) is 1.74. The van der Waals surface area contributed by atoms with Crippen LogP contribution in [0.1, 0.15) is 41.9 Å². The summed E-state index contributed by atoms with van der Waals surface area (Å²) in [6.45, 7) is 3.87. The van der Waals surface area contributed by atoms with E-state index >= 15 is 0 Å². The molecule has 3 rings (SSSR count). The lowest BCUT2D eigenvalue weighted by molar-refractivity contribution is 0.0845. The minimum absolute atomic E-state index is 0.212.